The molecule has 0 bridgehead atoms. The van der Waals surface area contributed by atoms with Crippen LogP contribution in [0.1, 0.15) is 6.92 Å². The van der Waals surface area contributed by atoms with Gasteiger partial charge in [0.15, 0.2) is 0 Å². The number of hydrogen-bond donors (Lipinski definition) is 2. The standard InChI is InChI=1S/C13H16F2N2O3/c1-8-7-20-10(6-18)5-17(8)13(19)16-12-3-2-9(14)4-11(12)15/h2-4,8,10,18H,5-7H2,1H3,(H,16,19)/t8-,10-/m1/s1. The molecule has 5 nitrogen and oxygen atoms in total. The molecule has 20 heavy (non-hydrogen) atoms. The number of benzene rings is 1. The summed E-state index contributed by atoms with van der Waals surface area (Å²) in [4.78, 5) is 13.5. The maximum absolute atomic E-state index is 13.5. The van der Waals surface area contributed by atoms with Crippen LogP contribution in [0.3, 0.4) is 0 Å². The first-order valence-electron chi connectivity index (χ1n) is 6.26. The maximum Gasteiger partial charge on any atom is 0.322 e. The number of carbonyl (C=O) groups excluding carboxylic acids is 1. The van der Waals surface area contributed by atoms with E-state index in [0.717, 1.165) is 12.1 Å². The number of nitrogens with zero attached hydrogens (tertiary/aromatic N) is 1. The Labute approximate surface area is 115 Å². The second kappa shape index (κ2) is 6.15. The van der Waals surface area contributed by atoms with Crippen LogP contribution in [0.2, 0.25) is 0 Å². The van der Waals surface area contributed by atoms with E-state index < -0.39 is 23.8 Å². The molecule has 1 heterocycles. The average molecular weight is 286 g/mol. The van der Waals surface area contributed by atoms with Gasteiger partial charge in [0.05, 0.1) is 37.6 Å². The van der Waals surface area contributed by atoms with Crippen molar-refractivity contribution in [1.82, 2.24) is 4.90 Å². The number of hydrogen-bond acceptors (Lipinski definition) is 3. The summed E-state index contributed by atoms with van der Waals surface area (Å²) < 4.78 is 31.6. The molecular formula is C13H16F2N2O3. The first-order valence-corrected chi connectivity index (χ1v) is 6.26. The molecule has 1 fully saturated rings. The largest absolute Gasteiger partial charge is 0.394 e. The smallest absolute Gasteiger partial charge is 0.322 e. The van der Waals surface area contributed by atoms with Crippen molar-refractivity contribution in [2.24, 2.45) is 0 Å². The van der Waals surface area contributed by atoms with Gasteiger partial charge in [0.1, 0.15) is 11.6 Å². The van der Waals surface area contributed by atoms with E-state index in [4.69, 9.17) is 9.84 Å². The van der Waals surface area contributed by atoms with Crippen LogP contribution in [0.4, 0.5) is 19.3 Å². The van der Waals surface area contributed by atoms with Crippen LogP contribution in [0.15, 0.2) is 18.2 Å². The van der Waals surface area contributed by atoms with Crippen molar-refractivity contribution in [3.63, 3.8) is 0 Å². The fraction of sp³-hybridized carbons (Fsp3) is 0.462. The van der Waals surface area contributed by atoms with Crippen molar-refractivity contribution in [1.29, 1.82) is 0 Å². The van der Waals surface area contributed by atoms with Gasteiger partial charge in [-0.3, -0.25) is 0 Å². The third kappa shape index (κ3) is 3.23. The zero-order chi connectivity index (χ0) is 14.7. The molecule has 0 radical (unpaired) electrons. The van der Waals surface area contributed by atoms with Gasteiger partial charge in [0, 0.05) is 6.07 Å². The summed E-state index contributed by atoms with van der Waals surface area (Å²) in [7, 11) is 0. The highest BCUT2D eigenvalue weighted by atomic mass is 19.1. The van der Waals surface area contributed by atoms with Gasteiger partial charge in [0.2, 0.25) is 0 Å². The number of nitrogens with one attached hydrogen (secondary N) is 1. The predicted octanol–water partition coefficient (Wildman–Crippen LogP) is 1.58. The van der Waals surface area contributed by atoms with Crippen LogP contribution in [-0.4, -0.2) is 47.9 Å². The summed E-state index contributed by atoms with van der Waals surface area (Å²) in [5.74, 6) is -1.54. The quantitative estimate of drug-likeness (QED) is 0.867. The lowest BCUT2D eigenvalue weighted by molar-refractivity contribution is -0.0612. The SMILES string of the molecule is C[C@@H]1CO[C@@H](CO)CN1C(=O)Nc1ccc(F)cc1F. The lowest BCUT2D eigenvalue weighted by atomic mass is 10.2. The van der Waals surface area contributed by atoms with Crippen molar-refractivity contribution in [3.05, 3.63) is 29.8 Å². The number of anilines is 1. The minimum Gasteiger partial charge on any atom is -0.394 e. The van der Waals surface area contributed by atoms with E-state index in [1.54, 1.807) is 6.92 Å². The minimum atomic E-state index is -0.835. The van der Waals surface area contributed by atoms with Gasteiger partial charge in [-0.15, -0.1) is 0 Å². The second-order valence-corrected chi connectivity index (χ2v) is 4.69. The van der Waals surface area contributed by atoms with Crippen LogP contribution in [0, 0.1) is 11.6 Å². The Morgan fingerprint density at radius 2 is 2.30 bits per heavy atom. The predicted molar refractivity (Wildman–Crippen MR) is 68.4 cm³/mol. The van der Waals surface area contributed by atoms with Crippen LogP contribution >= 0.6 is 0 Å². The fourth-order valence-electron chi connectivity index (χ4n) is 1.99. The van der Waals surface area contributed by atoms with E-state index in [1.165, 1.54) is 4.90 Å². The average Bonchev–Trinajstić information content (AvgIpc) is 2.42. The van der Waals surface area contributed by atoms with Gasteiger partial charge >= 0.3 is 6.03 Å². The van der Waals surface area contributed by atoms with Gasteiger partial charge in [-0.1, -0.05) is 0 Å². The van der Waals surface area contributed by atoms with E-state index in [2.05, 4.69) is 5.32 Å². The lowest BCUT2D eigenvalue weighted by Gasteiger charge is -2.37. The number of carbonyl (C=O) groups is 1. The van der Waals surface area contributed by atoms with Gasteiger partial charge in [-0.05, 0) is 19.1 Å². The number of halogens is 2. The number of aliphatic hydroxyl groups is 1. The normalized spacial score (nSPS) is 22.7. The van der Waals surface area contributed by atoms with Crippen molar-refractivity contribution in [2.45, 2.75) is 19.1 Å². The van der Waals surface area contributed by atoms with Gasteiger partial charge in [0.25, 0.3) is 0 Å². The molecule has 0 unspecified atom stereocenters. The molecule has 1 aromatic rings. The first-order chi connectivity index (χ1) is 9.51. The summed E-state index contributed by atoms with van der Waals surface area (Å²) >= 11 is 0. The van der Waals surface area contributed by atoms with E-state index in [-0.39, 0.29) is 24.9 Å². The third-order valence-corrected chi connectivity index (χ3v) is 3.14. The Morgan fingerprint density at radius 3 is 2.95 bits per heavy atom. The number of amides is 2. The highest BCUT2D eigenvalue weighted by Crippen LogP contribution is 2.18. The van der Waals surface area contributed by atoms with Crippen molar-refractivity contribution >= 4 is 11.7 Å². The Kier molecular flexibility index (Phi) is 4.51. The van der Waals surface area contributed by atoms with Gasteiger partial charge < -0.3 is 20.1 Å². The van der Waals surface area contributed by atoms with Crippen molar-refractivity contribution in [2.75, 3.05) is 25.1 Å². The zero-order valence-electron chi connectivity index (χ0n) is 11.0. The minimum absolute atomic E-state index is 0.0874. The highest BCUT2D eigenvalue weighted by Gasteiger charge is 2.29. The number of ether oxygens (including phenoxy) is 1. The second-order valence-electron chi connectivity index (χ2n) is 4.69. The number of urea groups is 1. The summed E-state index contributed by atoms with van der Waals surface area (Å²) in [6.07, 6.45) is -0.449. The van der Waals surface area contributed by atoms with Gasteiger partial charge in [-0.25, -0.2) is 13.6 Å². The molecule has 0 spiro atoms. The molecule has 1 aliphatic heterocycles. The maximum atomic E-state index is 13.5. The first kappa shape index (κ1) is 14.7. The Morgan fingerprint density at radius 1 is 1.55 bits per heavy atom. The zero-order valence-corrected chi connectivity index (χ0v) is 11.0. The number of rotatable bonds is 2. The van der Waals surface area contributed by atoms with Crippen LogP contribution in [-0.2, 0) is 4.74 Å². The summed E-state index contributed by atoms with van der Waals surface area (Å²) in [5, 5.41) is 11.4. The molecule has 2 amide bonds. The molecule has 2 atom stereocenters. The van der Waals surface area contributed by atoms with Gasteiger partial charge in [-0.2, -0.15) is 0 Å². The van der Waals surface area contributed by atoms with E-state index in [0.29, 0.717) is 12.7 Å². The molecule has 0 saturated carbocycles. The highest BCUT2D eigenvalue weighted by molar-refractivity contribution is 5.89. The van der Waals surface area contributed by atoms with Crippen LogP contribution in [0.25, 0.3) is 0 Å². The van der Waals surface area contributed by atoms with Crippen LogP contribution < -0.4 is 5.32 Å². The molecule has 7 heteroatoms. The van der Waals surface area contributed by atoms with Crippen LogP contribution in [0.5, 0.6) is 0 Å². The summed E-state index contributed by atoms with van der Waals surface area (Å²) in [6, 6.07) is 2.23. The van der Waals surface area contributed by atoms with E-state index in [1.807, 2.05) is 0 Å². The summed E-state index contributed by atoms with van der Waals surface area (Å²) in [6.45, 7) is 2.10. The number of aliphatic hydroxyl groups excluding tert-OH is 1. The topological polar surface area (TPSA) is 61.8 Å². The van der Waals surface area contributed by atoms with E-state index >= 15 is 0 Å². The molecule has 1 saturated heterocycles. The molecular weight excluding hydrogens is 270 g/mol. The summed E-state index contributed by atoms with van der Waals surface area (Å²) in [5.41, 5.74) is -0.0874. The fourth-order valence-corrected chi connectivity index (χ4v) is 1.99. The van der Waals surface area contributed by atoms with Crippen molar-refractivity contribution in [3.8, 4) is 0 Å². The Hall–Kier alpha value is -1.73. The molecule has 0 aliphatic carbocycles. The molecule has 0 aromatic heterocycles. The Balaban J connectivity index is 2.06. The van der Waals surface area contributed by atoms with Crippen molar-refractivity contribution < 1.29 is 23.4 Å². The molecule has 1 aromatic carbocycles. The molecule has 1 aliphatic rings. The van der Waals surface area contributed by atoms with E-state index in [9.17, 15) is 13.6 Å². The lowest BCUT2D eigenvalue weighted by Crippen LogP contribution is -2.53. The molecule has 110 valence electrons. The number of morpholine rings is 1. The third-order valence-electron chi connectivity index (χ3n) is 3.14. The monoisotopic (exact) mass is 286 g/mol. The molecule has 2 rings (SSSR count). The Bertz CT molecular complexity index is 499. The molecule has 2 N–H and O–H groups in total.